The SMILES string of the molecule is CCOC1CC2OC3C14CCC1(N(C(=O)OC)c5c(OC)cccc5C15CCN2C45)C3(O)C(=O)OC. The molecule has 0 radical (unpaired) electrons. The number of fused-ring (bicyclic) bond motifs is 3. The van der Waals surface area contributed by atoms with Crippen LogP contribution in [0.25, 0.3) is 0 Å². The fourth-order valence-electron chi connectivity index (χ4n) is 9.74. The quantitative estimate of drug-likeness (QED) is 0.617. The van der Waals surface area contributed by atoms with Crippen LogP contribution < -0.4 is 9.64 Å². The lowest BCUT2D eigenvalue weighted by atomic mass is 9.35. The van der Waals surface area contributed by atoms with Crippen LogP contribution in [0.2, 0.25) is 0 Å². The molecule has 3 saturated carbocycles. The molecule has 1 N–H and O–H groups in total. The Balaban J connectivity index is 1.63. The summed E-state index contributed by atoms with van der Waals surface area (Å²) in [7, 11) is 4.14. The van der Waals surface area contributed by atoms with Crippen molar-refractivity contribution in [2.45, 2.75) is 73.6 Å². The molecule has 5 bridgehead atoms. The van der Waals surface area contributed by atoms with Crippen molar-refractivity contribution in [2.75, 3.05) is 39.4 Å². The van der Waals surface area contributed by atoms with Crippen molar-refractivity contribution in [2.24, 2.45) is 5.41 Å². The number of methoxy groups -OCH3 is 3. The summed E-state index contributed by atoms with van der Waals surface area (Å²) in [4.78, 5) is 31.5. The van der Waals surface area contributed by atoms with E-state index in [1.807, 2.05) is 19.1 Å². The molecule has 5 heterocycles. The maximum Gasteiger partial charge on any atom is 0.414 e. The van der Waals surface area contributed by atoms with Gasteiger partial charge in [-0.15, -0.1) is 0 Å². The molecular weight excluding hydrogens is 468 g/mol. The van der Waals surface area contributed by atoms with Gasteiger partial charge in [0.25, 0.3) is 0 Å². The first kappa shape index (κ1) is 22.8. The second-order valence-electron chi connectivity index (χ2n) is 10.9. The Labute approximate surface area is 209 Å². The summed E-state index contributed by atoms with van der Waals surface area (Å²) in [5, 5.41) is 12.9. The summed E-state index contributed by atoms with van der Waals surface area (Å²) in [6.45, 7) is 3.20. The van der Waals surface area contributed by atoms with E-state index in [0.29, 0.717) is 50.3 Å². The Morgan fingerprint density at radius 1 is 1.17 bits per heavy atom. The number of ether oxygens (including phenoxy) is 5. The largest absolute Gasteiger partial charge is 0.495 e. The maximum absolute atomic E-state index is 13.9. The molecule has 5 aliphatic heterocycles. The number of nitrogens with zero attached hydrogens (tertiary/aromatic N) is 2. The van der Waals surface area contributed by atoms with Crippen molar-refractivity contribution in [1.29, 1.82) is 0 Å². The lowest BCUT2D eigenvalue weighted by Crippen LogP contribution is -2.95. The van der Waals surface area contributed by atoms with Crippen molar-refractivity contribution in [3.63, 3.8) is 0 Å². The van der Waals surface area contributed by atoms with E-state index in [1.165, 1.54) is 19.1 Å². The van der Waals surface area contributed by atoms with Gasteiger partial charge in [0.15, 0.2) is 0 Å². The highest BCUT2D eigenvalue weighted by Gasteiger charge is 2.94. The molecule has 8 aliphatic rings. The number of benzene rings is 1. The van der Waals surface area contributed by atoms with Crippen molar-refractivity contribution in [1.82, 2.24) is 4.90 Å². The van der Waals surface area contributed by atoms with Gasteiger partial charge in [0.1, 0.15) is 23.6 Å². The minimum absolute atomic E-state index is 0.0988. The molecule has 194 valence electrons. The third-order valence-corrected chi connectivity index (χ3v) is 10.4. The highest BCUT2D eigenvalue weighted by molar-refractivity contribution is 6.01. The number of anilines is 1. The summed E-state index contributed by atoms with van der Waals surface area (Å²) in [6, 6.07) is 5.62. The summed E-state index contributed by atoms with van der Waals surface area (Å²) >= 11 is 0. The van der Waals surface area contributed by atoms with Crippen molar-refractivity contribution in [3.05, 3.63) is 23.8 Å². The fourth-order valence-corrected chi connectivity index (χ4v) is 9.74. The number of hydrogen-bond donors (Lipinski definition) is 1. The fraction of sp³-hybridized carbons (Fsp3) is 0.692. The van der Waals surface area contributed by atoms with E-state index in [-0.39, 0.29) is 18.4 Å². The number of para-hydroxylation sites is 1. The molecule has 1 amide bonds. The Morgan fingerprint density at radius 2 is 1.97 bits per heavy atom. The van der Waals surface area contributed by atoms with Crippen LogP contribution in [0.1, 0.15) is 38.2 Å². The molecule has 10 nitrogen and oxygen atoms in total. The summed E-state index contributed by atoms with van der Waals surface area (Å²) in [5.74, 6) is -0.309. The van der Waals surface area contributed by atoms with Crippen molar-refractivity contribution >= 4 is 17.7 Å². The molecule has 8 unspecified atom stereocenters. The molecular formula is C26H32N2O8. The Morgan fingerprint density at radius 3 is 2.67 bits per heavy atom. The predicted molar refractivity (Wildman–Crippen MR) is 125 cm³/mol. The first-order valence-corrected chi connectivity index (χ1v) is 12.7. The number of carbonyl (C=O) groups is 2. The highest BCUT2D eigenvalue weighted by atomic mass is 16.6. The lowest BCUT2D eigenvalue weighted by Gasteiger charge is -2.78. The predicted octanol–water partition coefficient (Wildman–Crippen LogP) is 1.56. The molecule has 3 spiro atoms. The average Bonchev–Trinajstić information content (AvgIpc) is 3.45. The van der Waals surface area contributed by atoms with Crippen LogP contribution >= 0.6 is 0 Å². The van der Waals surface area contributed by atoms with Gasteiger partial charge in [-0.05, 0) is 37.8 Å². The van der Waals surface area contributed by atoms with Crippen LogP contribution in [0, 0.1) is 5.41 Å². The zero-order chi connectivity index (χ0) is 25.3. The Bertz CT molecular complexity index is 1180. The second kappa shape index (κ2) is 6.92. The number of piperidine rings is 1. The van der Waals surface area contributed by atoms with Gasteiger partial charge >= 0.3 is 12.1 Å². The molecule has 4 saturated heterocycles. The Kier molecular flexibility index (Phi) is 4.38. The van der Waals surface area contributed by atoms with Crippen LogP contribution in [0.15, 0.2) is 18.2 Å². The molecule has 7 fully saturated rings. The minimum atomic E-state index is -2.15. The lowest BCUT2D eigenvalue weighted by molar-refractivity contribution is -0.393. The minimum Gasteiger partial charge on any atom is -0.495 e. The number of hydrogen-bond acceptors (Lipinski definition) is 9. The van der Waals surface area contributed by atoms with Crippen molar-refractivity contribution < 1.29 is 38.4 Å². The van der Waals surface area contributed by atoms with Gasteiger partial charge in [-0.1, -0.05) is 12.1 Å². The normalized spacial score (nSPS) is 44.9. The van der Waals surface area contributed by atoms with Crippen LogP contribution in [0.5, 0.6) is 5.75 Å². The molecule has 8 atom stereocenters. The topological polar surface area (TPSA) is 107 Å². The van der Waals surface area contributed by atoms with Crippen LogP contribution in [-0.2, 0) is 29.2 Å². The third kappa shape index (κ3) is 1.94. The molecule has 0 aromatic heterocycles. The smallest absolute Gasteiger partial charge is 0.414 e. The van der Waals surface area contributed by atoms with Crippen LogP contribution in [0.4, 0.5) is 10.5 Å². The average molecular weight is 501 g/mol. The van der Waals surface area contributed by atoms with Gasteiger partial charge in [-0.3, -0.25) is 9.80 Å². The van der Waals surface area contributed by atoms with Gasteiger partial charge in [-0.25, -0.2) is 9.59 Å². The van der Waals surface area contributed by atoms with Gasteiger partial charge in [0, 0.05) is 36.4 Å². The molecule has 10 heteroatoms. The van der Waals surface area contributed by atoms with Crippen LogP contribution in [0.3, 0.4) is 0 Å². The summed E-state index contributed by atoms with van der Waals surface area (Å²) in [6.07, 6.45) is 0.252. The standard InChI is InChI=1S/C26H32N2O8/c1-5-35-16-13-17-27-12-11-24-14-7-6-8-15(32-2)18(14)28(22(30)34-4)25(24)10-9-23(16,19(24)27)20(36-17)26(25,31)21(29)33-3/h6-8,16-17,19-20,31H,5,9-13H2,1-4H3. The number of rotatable bonds is 4. The zero-order valence-corrected chi connectivity index (χ0v) is 21.0. The molecule has 9 rings (SSSR count). The highest BCUT2D eigenvalue weighted by Crippen LogP contribution is 2.80. The van der Waals surface area contributed by atoms with E-state index in [2.05, 4.69) is 4.90 Å². The van der Waals surface area contributed by atoms with E-state index in [0.717, 1.165) is 5.56 Å². The van der Waals surface area contributed by atoms with Gasteiger partial charge < -0.3 is 28.8 Å². The number of esters is 1. The van der Waals surface area contributed by atoms with E-state index >= 15 is 0 Å². The number of carbonyl (C=O) groups excluding carboxylic acids is 2. The first-order valence-electron chi connectivity index (χ1n) is 12.7. The van der Waals surface area contributed by atoms with Crippen LogP contribution in [-0.4, -0.2) is 92.2 Å². The Hall–Kier alpha value is -2.40. The zero-order valence-electron chi connectivity index (χ0n) is 21.0. The van der Waals surface area contributed by atoms with E-state index in [4.69, 9.17) is 23.7 Å². The van der Waals surface area contributed by atoms with Crippen molar-refractivity contribution in [3.8, 4) is 5.75 Å². The summed E-state index contributed by atoms with van der Waals surface area (Å²) in [5.41, 5.74) is -3.54. The number of amides is 1. The first-order chi connectivity index (χ1) is 17.3. The third-order valence-electron chi connectivity index (χ3n) is 10.4. The monoisotopic (exact) mass is 500 g/mol. The van der Waals surface area contributed by atoms with Gasteiger partial charge in [-0.2, -0.15) is 0 Å². The van der Waals surface area contributed by atoms with Gasteiger partial charge in [0.05, 0.1) is 33.1 Å². The molecule has 36 heavy (non-hydrogen) atoms. The van der Waals surface area contributed by atoms with E-state index in [9.17, 15) is 14.7 Å². The molecule has 1 aromatic rings. The molecule has 1 aromatic carbocycles. The number of aliphatic hydroxyl groups is 1. The summed E-state index contributed by atoms with van der Waals surface area (Å²) < 4.78 is 29.4. The van der Waals surface area contributed by atoms with E-state index < -0.39 is 40.1 Å². The maximum atomic E-state index is 13.9. The second-order valence-corrected chi connectivity index (χ2v) is 10.9. The van der Waals surface area contributed by atoms with E-state index in [1.54, 1.807) is 13.2 Å². The van der Waals surface area contributed by atoms with Gasteiger partial charge in [0.2, 0.25) is 5.60 Å². The molecule has 3 aliphatic carbocycles.